The van der Waals surface area contributed by atoms with Gasteiger partial charge in [0.1, 0.15) is 10.7 Å². The number of nitrogens with one attached hydrogen (secondary N) is 1. The number of rotatable bonds is 7. The highest BCUT2D eigenvalue weighted by Crippen LogP contribution is 2.39. The van der Waals surface area contributed by atoms with E-state index in [1.54, 1.807) is 24.3 Å². The molecule has 1 heterocycles. The first kappa shape index (κ1) is 20.4. The number of methoxy groups -OCH3 is 3. The number of hydrogen-bond donors (Lipinski definition) is 1. The lowest BCUT2D eigenvalue weighted by atomic mass is 10.2. The second kappa shape index (κ2) is 8.78. The number of halogens is 1. The van der Waals surface area contributed by atoms with E-state index in [1.165, 1.54) is 33.5 Å². The van der Waals surface area contributed by atoms with Crippen LogP contribution in [0, 0.1) is 5.82 Å². The summed E-state index contributed by atoms with van der Waals surface area (Å²) in [4.78, 5) is 24.6. The van der Waals surface area contributed by atoms with Crippen LogP contribution in [0.5, 0.6) is 17.2 Å². The number of carbonyl (C=O) groups excluding carboxylic acids is 2. The van der Waals surface area contributed by atoms with Crippen molar-refractivity contribution in [3.63, 3.8) is 0 Å². The number of esters is 1. The second-order valence-electron chi connectivity index (χ2n) is 5.80. The van der Waals surface area contributed by atoms with Gasteiger partial charge in [-0.05, 0) is 18.2 Å². The third-order valence-corrected chi connectivity index (χ3v) is 5.07. The topological polar surface area (TPSA) is 83.1 Å². The maximum absolute atomic E-state index is 13.8. The van der Waals surface area contributed by atoms with Crippen LogP contribution < -0.4 is 19.5 Å². The SMILES string of the molecule is COc1cc(NC(=O)COC(=O)c2cc3c(F)cccc3s2)cc(OC)c1OC. The summed E-state index contributed by atoms with van der Waals surface area (Å²) in [6.07, 6.45) is 0. The minimum absolute atomic E-state index is 0.214. The highest BCUT2D eigenvalue weighted by Gasteiger charge is 2.17. The first-order chi connectivity index (χ1) is 14.0. The average Bonchev–Trinajstić information content (AvgIpc) is 3.17. The molecule has 0 bridgehead atoms. The molecule has 0 aliphatic rings. The summed E-state index contributed by atoms with van der Waals surface area (Å²) in [5, 5.41) is 2.94. The molecule has 0 fully saturated rings. The van der Waals surface area contributed by atoms with E-state index in [0.29, 0.717) is 33.0 Å². The number of hydrogen-bond acceptors (Lipinski definition) is 7. The zero-order valence-corrected chi connectivity index (χ0v) is 16.7. The molecule has 0 saturated carbocycles. The Morgan fingerprint density at radius 3 is 2.31 bits per heavy atom. The highest BCUT2D eigenvalue weighted by molar-refractivity contribution is 7.20. The molecule has 0 aliphatic heterocycles. The molecular formula is C20H18FNO6S. The summed E-state index contributed by atoms with van der Waals surface area (Å²) < 4.78 is 35.1. The molecule has 29 heavy (non-hydrogen) atoms. The predicted octanol–water partition coefficient (Wildman–Crippen LogP) is 3.86. The normalized spacial score (nSPS) is 10.5. The Bertz CT molecular complexity index is 1040. The van der Waals surface area contributed by atoms with Crippen LogP contribution in [-0.4, -0.2) is 39.8 Å². The van der Waals surface area contributed by atoms with Crippen molar-refractivity contribution in [3.05, 3.63) is 47.1 Å². The van der Waals surface area contributed by atoms with Gasteiger partial charge in [0.25, 0.3) is 5.91 Å². The van der Waals surface area contributed by atoms with E-state index < -0.39 is 24.3 Å². The number of thiophene rings is 1. The van der Waals surface area contributed by atoms with Crippen LogP contribution in [0.2, 0.25) is 0 Å². The van der Waals surface area contributed by atoms with Crippen molar-refractivity contribution >= 4 is 39.0 Å². The molecule has 0 aliphatic carbocycles. The number of anilines is 1. The minimum atomic E-state index is -0.703. The largest absolute Gasteiger partial charge is 0.493 e. The number of fused-ring (bicyclic) bond motifs is 1. The molecule has 1 amide bonds. The molecule has 2 aromatic carbocycles. The van der Waals surface area contributed by atoms with Crippen molar-refractivity contribution in [2.24, 2.45) is 0 Å². The van der Waals surface area contributed by atoms with Gasteiger partial charge in [0, 0.05) is 27.9 Å². The van der Waals surface area contributed by atoms with Crippen molar-refractivity contribution in [2.75, 3.05) is 33.3 Å². The molecule has 0 saturated heterocycles. The first-order valence-corrected chi connectivity index (χ1v) is 9.23. The lowest BCUT2D eigenvalue weighted by Crippen LogP contribution is -2.20. The second-order valence-corrected chi connectivity index (χ2v) is 6.88. The van der Waals surface area contributed by atoms with E-state index in [2.05, 4.69) is 5.32 Å². The van der Waals surface area contributed by atoms with Gasteiger partial charge in [0.05, 0.1) is 21.3 Å². The molecule has 0 radical (unpaired) electrons. The summed E-state index contributed by atoms with van der Waals surface area (Å²) >= 11 is 1.10. The molecule has 152 valence electrons. The van der Waals surface area contributed by atoms with Crippen LogP contribution in [0.25, 0.3) is 10.1 Å². The monoisotopic (exact) mass is 419 g/mol. The molecular weight excluding hydrogens is 401 g/mol. The number of benzene rings is 2. The quantitative estimate of drug-likeness (QED) is 0.586. The van der Waals surface area contributed by atoms with Gasteiger partial charge in [0.2, 0.25) is 5.75 Å². The van der Waals surface area contributed by atoms with E-state index in [1.807, 2.05) is 0 Å². The van der Waals surface area contributed by atoms with Crippen LogP contribution in [0.3, 0.4) is 0 Å². The van der Waals surface area contributed by atoms with E-state index >= 15 is 0 Å². The van der Waals surface area contributed by atoms with Crippen LogP contribution in [0.4, 0.5) is 10.1 Å². The fourth-order valence-electron chi connectivity index (χ4n) is 2.68. The van der Waals surface area contributed by atoms with Gasteiger partial charge < -0.3 is 24.3 Å². The summed E-state index contributed by atoms with van der Waals surface area (Å²) in [5.74, 6) is -0.558. The van der Waals surface area contributed by atoms with Gasteiger partial charge in [0.15, 0.2) is 18.1 Å². The van der Waals surface area contributed by atoms with Gasteiger partial charge in [-0.3, -0.25) is 4.79 Å². The lowest BCUT2D eigenvalue weighted by Gasteiger charge is -2.14. The predicted molar refractivity (Wildman–Crippen MR) is 107 cm³/mol. The minimum Gasteiger partial charge on any atom is -0.493 e. The molecule has 3 aromatic rings. The Hall–Kier alpha value is -3.33. The Labute approximate surface area is 169 Å². The van der Waals surface area contributed by atoms with E-state index in [4.69, 9.17) is 18.9 Å². The zero-order chi connectivity index (χ0) is 21.0. The third-order valence-electron chi connectivity index (χ3n) is 3.99. The molecule has 1 N–H and O–H groups in total. The van der Waals surface area contributed by atoms with Gasteiger partial charge in [-0.25, -0.2) is 9.18 Å². The van der Waals surface area contributed by atoms with Crippen LogP contribution in [-0.2, 0) is 9.53 Å². The van der Waals surface area contributed by atoms with Gasteiger partial charge in [-0.15, -0.1) is 11.3 Å². The van der Waals surface area contributed by atoms with Crippen LogP contribution in [0.15, 0.2) is 36.4 Å². The fourth-order valence-corrected chi connectivity index (χ4v) is 3.65. The molecule has 9 heteroatoms. The number of amides is 1. The molecule has 1 aromatic heterocycles. The maximum atomic E-state index is 13.8. The first-order valence-electron chi connectivity index (χ1n) is 8.42. The van der Waals surface area contributed by atoms with E-state index in [0.717, 1.165) is 11.3 Å². The summed E-state index contributed by atoms with van der Waals surface area (Å²) in [6.45, 7) is -0.508. The maximum Gasteiger partial charge on any atom is 0.348 e. The highest BCUT2D eigenvalue weighted by atomic mass is 32.1. The Morgan fingerprint density at radius 1 is 1.03 bits per heavy atom. The molecule has 0 spiro atoms. The van der Waals surface area contributed by atoms with Crippen LogP contribution >= 0.6 is 11.3 Å². The Morgan fingerprint density at radius 2 is 1.72 bits per heavy atom. The summed E-state index contributed by atoms with van der Waals surface area (Å²) in [7, 11) is 4.38. The fraction of sp³-hybridized carbons (Fsp3) is 0.200. The lowest BCUT2D eigenvalue weighted by molar-refractivity contribution is -0.119. The van der Waals surface area contributed by atoms with Gasteiger partial charge in [-0.1, -0.05) is 6.07 Å². The van der Waals surface area contributed by atoms with Crippen LogP contribution in [0.1, 0.15) is 9.67 Å². The third kappa shape index (κ3) is 4.40. The van der Waals surface area contributed by atoms with Crippen molar-refractivity contribution in [1.82, 2.24) is 0 Å². The van der Waals surface area contributed by atoms with Gasteiger partial charge in [-0.2, -0.15) is 0 Å². The standard InChI is InChI=1S/C20H18FNO6S/c1-25-14-7-11(8-15(26-2)19(14)27-3)22-18(23)10-28-20(24)17-9-12-13(21)5-4-6-16(12)29-17/h4-9H,10H2,1-3H3,(H,22,23). The number of carbonyl (C=O) groups is 2. The van der Waals surface area contributed by atoms with E-state index in [9.17, 15) is 14.0 Å². The Balaban J connectivity index is 1.66. The zero-order valence-electron chi connectivity index (χ0n) is 15.9. The molecule has 7 nitrogen and oxygen atoms in total. The summed E-state index contributed by atoms with van der Waals surface area (Å²) in [6, 6.07) is 9.10. The molecule has 0 atom stereocenters. The molecule has 0 unspecified atom stereocenters. The van der Waals surface area contributed by atoms with Crippen molar-refractivity contribution in [3.8, 4) is 17.2 Å². The summed E-state index contributed by atoms with van der Waals surface area (Å²) in [5.41, 5.74) is 0.379. The van der Waals surface area contributed by atoms with Crippen molar-refractivity contribution in [1.29, 1.82) is 0 Å². The van der Waals surface area contributed by atoms with Crippen molar-refractivity contribution < 1.29 is 32.9 Å². The smallest absolute Gasteiger partial charge is 0.348 e. The Kier molecular flexibility index (Phi) is 6.18. The van der Waals surface area contributed by atoms with Gasteiger partial charge >= 0.3 is 5.97 Å². The average molecular weight is 419 g/mol. The van der Waals surface area contributed by atoms with Crippen molar-refractivity contribution in [2.45, 2.75) is 0 Å². The molecule has 3 rings (SSSR count). The number of ether oxygens (including phenoxy) is 4. The van der Waals surface area contributed by atoms with E-state index in [-0.39, 0.29) is 4.88 Å².